The van der Waals surface area contributed by atoms with Gasteiger partial charge in [0.05, 0.1) is 6.54 Å². The summed E-state index contributed by atoms with van der Waals surface area (Å²) in [6.45, 7) is 3.38. The third-order valence-electron chi connectivity index (χ3n) is 2.95. The molecule has 1 aromatic heterocycles. The predicted octanol–water partition coefficient (Wildman–Crippen LogP) is 1.59. The van der Waals surface area contributed by atoms with Crippen LogP contribution in [0.2, 0.25) is 0 Å². The third-order valence-corrected chi connectivity index (χ3v) is 2.95. The summed E-state index contributed by atoms with van der Waals surface area (Å²) < 4.78 is 14.9. The summed E-state index contributed by atoms with van der Waals surface area (Å²) >= 11 is 0. The highest BCUT2D eigenvalue weighted by Gasteiger charge is 2.03. The fourth-order valence-electron chi connectivity index (χ4n) is 1.73. The molecule has 0 aliphatic carbocycles. The Hall–Kier alpha value is -1.75. The van der Waals surface area contributed by atoms with Crippen molar-refractivity contribution in [2.45, 2.75) is 19.9 Å². The summed E-state index contributed by atoms with van der Waals surface area (Å²) in [6, 6.07) is 6.68. The number of hydrogen-bond acceptors (Lipinski definition) is 3. The van der Waals surface area contributed by atoms with Gasteiger partial charge in [-0.3, -0.25) is 0 Å². The van der Waals surface area contributed by atoms with Crippen molar-refractivity contribution in [1.29, 1.82) is 0 Å². The van der Waals surface area contributed by atoms with Crippen LogP contribution in [-0.2, 0) is 20.0 Å². The molecule has 18 heavy (non-hydrogen) atoms. The van der Waals surface area contributed by atoms with Gasteiger partial charge in [0, 0.05) is 7.05 Å². The minimum Gasteiger partial charge on any atom is -0.317 e. The largest absolute Gasteiger partial charge is 0.317 e. The quantitative estimate of drug-likeness (QED) is 0.817. The molecule has 96 valence electrons. The molecule has 4 nitrogen and oxygen atoms in total. The van der Waals surface area contributed by atoms with E-state index in [1.165, 1.54) is 6.07 Å². The van der Waals surface area contributed by atoms with E-state index < -0.39 is 0 Å². The molecule has 0 amide bonds. The Balaban J connectivity index is 1.78. The number of rotatable bonds is 5. The zero-order chi connectivity index (χ0) is 13.0. The maximum absolute atomic E-state index is 13.0. The molecule has 0 saturated heterocycles. The van der Waals surface area contributed by atoms with Crippen molar-refractivity contribution in [2.24, 2.45) is 7.05 Å². The monoisotopic (exact) mass is 248 g/mol. The first-order valence-electron chi connectivity index (χ1n) is 5.97. The van der Waals surface area contributed by atoms with E-state index in [0.29, 0.717) is 6.54 Å². The Kier molecular flexibility index (Phi) is 4.04. The Morgan fingerprint density at radius 2 is 2.17 bits per heavy atom. The second-order valence-corrected chi connectivity index (χ2v) is 4.28. The maximum Gasteiger partial charge on any atom is 0.146 e. The second kappa shape index (κ2) is 5.73. The highest BCUT2D eigenvalue weighted by molar-refractivity contribution is 5.16. The number of aromatic nitrogens is 3. The van der Waals surface area contributed by atoms with Crippen LogP contribution in [0.5, 0.6) is 0 Å². The molecule has 0 saturated carbocycles. The van der Waals surface area contributed by atoms with E-state index in [9.17, 15) is 4.39 Å². The van der Waals surface area contributed by atoms with Gasteiger partial charge in [-0.2, -0.15) is 0 Å². The lowest BCUT2D eigenvalue weighted by atomic mass is 10.1. The lowest BCUT2D eigenvalue weighted by Gasteiger charge is -2.05. The first-order chi connectivity index (χ1) is 8.66. The molecule has 2 rings (SSSR count). The van der Waals surface area contributed by atoms with E-state index in [4.69, 9.17) is 0 Å². The molecular weight excluding hydrogens is 231 g/mol. The van der Waals surface area contributed by atoms with Crippen LogP contribution in [0.4, 0.5) is 4.39 Å². The summed E-state index contributed by atoms with van der Waals surface area (Å²) in [4.78, 5) is 0. The Bertz CT molecular complexity index is 521. The van der Waals surface area contributed by atoms with Crippen LogP contribution in [0.1, 0.15) is 17.2 Å². The number of halogens is 1. The Morgan fingerprint density at radius 1 is 1.33 bits per heavy atom. The van der Waals surface area contributed by atoms with Crippen LogP contribution in [-0.4, -0.2) is 21.3 Å². The van der Waals surface area contributed by atoms with Gasteiger partial charge in [0.2, 0.25) is 0 Å². The topological polar surface area (TPSA) is 42.7 Å². The van der Waals surface area contributed by atoms with E-state index in [1.807, 2.05) is 24.6 Å². The number of hydrogen-bond donors (Lipinski definition) is 1. The average Bonchev–Trinajstić information content (AvgIpc) is 2.66. The van der Waals surface area contributed by atoms with Crippen LogP contribution in [0.15, 0.2) is 24.3 Å². The number of nitrogens with one attached hydrogen (secondary N) is 1. The van der Waals surface area contributed by atoms with Gasteiger partial charge in [-0.25, -0.2) is 4.39 Å². The van der Waals surface area contributed by atoms with Crippen molar-refractivity contribution in [3.8, 4) is 0 Å². The molecule has 1 aromatic carbocycles. The van der Waals surface area contributed by atoms with Crippen LogP contribution < -0.4 is 5.32 Å². The van der Waals surface area contributed by atoms with E-state index in [2.05, 4.69) is 15.5 Å². The third kappa shape index (κ3) is 3.13. The minimum atomic E-state index is -0.184. The maximum atomic E-state index is 13.0. The Labute approximate surface area is 106 Å². The van der Waals surface area contributed by atoms with Crippen molar-refractivity contribution in [2.75, 3.05) is 6.54 Å². The van der Waals surface area contributed by atoms with E-state index in [0.717, 1.165) is 30.2 Å². The molecule has 1 heterocycles. The summed E-state index contributed by atoms with van der Waals surface area (Å²) in [7, 11) is 1.94. The highest BCUT2D eigenvalue weighted by atomic mass is 19.1. The van der Waals surface area contributed by atoms with Crippen molar-refractivity contribution < 1.29 is 4.39 Å². The van der Waals surface area contributed by atoms with Gasteiger partial charge in [0.1, 0.15) is 17.5 Å². The lowest BCUT2D eigenvalue weighted by Crippen LogP contribution is -2.19. The summed E-state index contributed by atoms with van der Waals surface area (Å²) in [6.07, 6.45) is 0.800. The Morgan fingerprint density at radius 3 is 2.83 bits per heavy atom. The normalized spacial score (nSPS) is 10.8. The van der Waals surface area contributed by atoms with Crippen LogP contribution in [0, 0.1) is 12.7 Å². The summed E-state index contributed by atoms with van der Waals surface area (Å²) in [5.41, 5.74) is 0.997. The molecule has 5 heteroatoms. The second-order valence-electron chi connectivity index (χ2n) is 4.28. The van der Waals surface area contributed by atoms with Crippen molar-refractivity contribution in [3.63, 3.8) is 0 Å². The van der Waals surface area contributed by atoms with E-state index >= 15 is 0 Å². The zero-order valence-corrected chi connectivity index (χ0v) is 10.7. The summed E-state index contributed by atoms with van der Waals surface area (Å²) in [5, 5.41) is 11.3. The van der Waals surface area contributed by atoms with Crippen LogP contribution in [0.25, 0.3) is 0 Å². The van der Waals surface area contributed by atoms with Gasteiger partial charge in [0.25, 0.3) is 0 Å². The van der Waals surface area contributed by atoms with Crippen molar-refractivity contribution in [3.05, 3.63) is 47.3 Å². The predicted molar refractivity (Wildman–Crippen MR) is 67.6 cm³/mol. The van der Waals surface area contributed by atoms with E-state index in [1.54, 1.807) is 12.1 Å². The average molecular weight is 248 g/mol. The van der Waals surface area contributed by atoms with Crippen LogP contribution >= 0.6 is 0 Å². The lowest BCUT2D eigenvalue weighted by molar-refractivity contribution is 0.616. The zero-order valence-electron chi connectivity index (χ0n) is 10.7. The molecule has 0 unspecified atom stereocenters. The first-order valence-corrected chi connectivity index (χ1v) is 5.97. The fourth-order valence-corrected chi connectivity index (χ4v) is 1.73. The molecule has 1 N–H and O–H groups in total. The van der Waals surface area contributed by atoms with Gasteiger partial charge < -0.3 is 9.88 Å². The van der Waals surface area contributed by atoms with Gasteiger partial charge in [-0.15, -0.1) is 10.2 Å². The standard InChI is InChI=1S/C13H17FN4/c1-10-16-17-13(18(10)2)9-15-7-6-11-4-3-5-12(14)8-11/h3-5,8,15H,6-7,9H2,1-2H3. The summed E-state index contributed by atoms with van der Waals surface area (Å²) in [5.74, 6) is 1.63. The molecule has 0 atom stereocenters. The highest BCUT2D eigenvalue weighted by Crippen LogP contribution is 2.03. The van der Waals surface area contributed by atoms with Crippen molar-refractivity contribution >= 4 is 0 Å². The molecule has 0 aliphatic rings. The van der Waals surface area contributed by atoms with Gasteiger partial charge >= 0.3 is 0 Å². The molecular formula is C13H17FN4. The molecule has 0 radical (unpaired) electrons. The van der Waals surface area contributed by atoms with Crippen molar-refractivity contribution in [1.82, 2.24) is 20.1 Å². The van der Waals surface area contributed by atoms with Gasteiger partial charge in [-0.05, 0) is 37.6 Å². The number of benzene rings is 1. The molecule has 2 aromatic rings. The van der Waals surface area contributed by atoms with Crippen LogP contribution in [0.3, 0.4) is 0 Å². The molecule has 0 spiro atoms. The smallest absolute Gasteiger partial charge is 0.146 e. The van der Waals surface area contributed by atoms with Gasteiger partial charge in [0.15, 0.2) is 0 Å². The minimum absolute atomic E-state index is 0.184. The van der Waals surface area contributed by atoms with E-state index in [-0.39, 0.29) is 5.82 Å². The molecule has 0 fully saturated rings. The SMILES string of the molecule is Cc1nnc(CNCCc2cccc(F)c2)n1C. The number of nitrogens with zero attached hydrogens (tertiary/aromatic N) is 3. The fraction of sp³-hybridized carbons (Fsp3) is 0.385. The molecule has 0 aliphatic heterocycles. The van der Waals surface area contributed by atoms with Gasteiger partial charge in [-0.1, -0.05) is 12.1 Å². The number of aryl methyl sites for hydroxylation is 1. The first kappa shape index (κ1) is 12.7. The molecule has 0 bridgehead atoms.